The van der Waals surface area contributed by atoms with Gasteiger partial charge in [-0.15, -0.1) is 0 Å². The first kappa shape index (κ1) is 17.0. The van der Waals surface area contributed by atoms with Crippen molar-refractivity contribution in [2.45, 2.75) is 6.54 Å². The van der Waals surface area contributed by atoms with Crippen molar-refractivity contribution in [2.75, 3.05) is 38.2 Å². The van der Waals surface area contributed by atoms with E-state index in [1.165, 1.54) is 11.8 Å². The summed E-state index contributed by atoms with van der Waals surface area (Å²) in [4.78, 5) is 21.2. The molecule has 3 aromatic rings. The van der Waals surface area contributed by atoms with Gasteiger partial charge in [-0.2, -0.15) is 0 Å². The van der Waals surface area contributed by atoms with Gasteiger partial charge in [0.05, 0.1) is 22.9 Å². The molecule has 26 heavy (non-hydrogen) atoms. The smallest absolute Gasteiger partial charge is 0.337 e. The average molecular weight is 367 g/mol. The van der Waals surface area contributed by atoms with Crippen LogP contribution in [0.3, 0.4) is 0 Å². The molecule has 1 aliphatic rings. The first-order valence-corrected chi connectivity index (χ1v) is 9.55. The summed E-state index contributed by atoms with van der Waals surface area (Å²) in [5.41, 5.74) is 2.83. The van der Waals surface area contributed by atoms with Crippen LogP contribution < -0.4 is 4.90 Å². The molecule has 0 unspecified atom stereocenters. The third kappa shape index (κ3) is 3.57. The maximum absolute atomic E-state index is 11.7. The highest BCUT2D eigenvalue weighted by molar-refractivity contribution is 7.22. The van der Waals surface area contributed by atoms with Gasteiger partial charge in [-0.1, -0.05) is 35.6 Å². The van der Waals surface area contributed by atoms with Crippen LogP contribution in [0.25, 0.3) is 10.2 Å². The highest BCUT2D eigenvalue weighted by Gasteiger charge is 2.20. The Bertz CT molecular complexity index is 883. The second-order valence-electron chi connectivity index (χ2n) is 6.42. The first-order valence-electron chi connectivity index (χ1n) is 8.73. The molecule has 1 aliphatic heterocycles. The number of nitrogens with zero attached hydrogens (tertiary/aromatic N) is 3. The van der Waals surface area contributed by atoms with Gasteiger partial charge in [-0.05, 0) is 29.8 Å². The van der Waals surface area contributed by atoms with Gasteiger partial charge in [0.15, 0.2) is 5.13 Å². The average Bonchev–Trinajstić information content (AvgIpc) is 3.12. The molecule has 2 aromatic carbocycles. The monoisotopic (exact) mass is 367 g/mol. The molecular formula is C20H21N3O2S. The predicted molar refractivity (Wildman–Crippen MR) is 105 cm³/mol. The second kappa shape index (κ2) is 7.43. The van der Waals surface area contributed by atoms with E-state index >= 15 is 0 Å². The molecule has 1 fully saturated rings. The Labute approximate surface area is 156 Å². The zero-order valence-corrected chi connectivity index (χ0v) is 15.5. The lowest BCUT2D eigenvalue weighted by molar-refractivity contribution is 0.0600. The molecule has 2 heterocycles. The molecule has 0 spiro atoms. The summed E-state index contributed by atoms with van der Waals surface area (Å²) in [6, 6.07) is 16.0. The van der Waals surface area contributed by atoms with Crippen molar-refractivity contribution >= 4 is 32.7 Å². The Hall–Kier alpha value is -2.44. The van der Waals surface area contributed by atoms with Crippen LogP contribution in [0, 0.1) is 0 Å². The molecule has 134 valence electrons. The van der Waals surface area contributed by atoms with E-state index in [9.17, 15) is 4.79 Å². The molecule has 0 radical (unpaired) electrons. The molecular weight excluding hydrogens is 346 g/mol. The normalized spacial score (nSPS) is 15.3. The van der Waals surface area contributed by atoms with Gasteiger partial charge in [0.25, 0.3) is 0 Å². The summed E-state index contributed by atoms with van der Waals surface area (Å²) in [7, 11) is 1.41. The highest BCUT2D eigenvalue weighted by atomic mass is 32.1. The number of carbonyl (C=O) groups excluding carboxylic acids is 1. The number of hydrogen-bond acceptors (Lipinski definition) is 6. The molecule has 1 saturated heterocycles. The topological polar surface area (TPSA) is 45.7 Å². The van der Waals surface area contributed by atoms with Crippen LogP contribution >= 0.6 is 11.3 Å². The van der Waals surface area contributed by atoms with Crippen molar-refractivity contribution in [3.05, 3.63) is 59.7 Å². The third-order valence-corrected chi connectivity index (χ3v) is 5.78. The number of hydrogen-bond donors (Lipinski definition) is 0. The minimum atomic E-state index is -0.285. The van der Waals surface area contributed by atoms with Crippen LogP contribution in [0.2, 0.25) is 0 Å². The molecule has 0 aliphatic carbocycles. The van der Waals surface area contributed by atoms with Gasteiger partial charge in [0.2, 0.25) is 0 Å². The van der Waals surface area contributed by atoms with Gasteiger partial charge in [0, 0.05) is 32.7 Å². The Morgan fingerprint density at radius 2 is 1.92 bits per heavy atom. The Kier molecular flexibility index (Phi) is 4.86. The maximum Gasteiger partial charge on any atom is 0.337 e. The summed E-state index contributed by atoms with van der Waals surface area (Å²) in [5, 5.41) is 1.11. The molecule has 0 amide bonds. The van der Waals surface area contributed by atoms with Gasteiger partial charge in [-0.3, -0.25) is 4.90 Å². The number of benzene rings is 2. The van der Waals surface area contributed by atoms with Gasteiger partial charge in [-0.25, -0.2) is 9.78 Å². The fourth-order valence-electron chi connectivity index (χ4n) is 3.27. The first-order chi connectivity index (χ1) is 12.7. The fourth-order valence-corrected chi connectivity index (χ4v) is 4.28. The summed E-state index contributed by atoms with van der Waals surface area (Å²) in [6.45, 7) is 4.75. The van der Waals surface area contributed by atoms with Gasteiger partial charge >= 0.3 is 5.97 Å². The van der Waals surface area contributed by atoms with E-state index in [1.54, 1.807) is 17.4 Å². The maximum atomic E-state index is 11.7. The number of methoxy groups -OCH3 is 1. The lowest BCUT2D eigenvalue weighted by Crippen LogP contribution is -2.45. The Morgan fingerprint density at radius 1 is 1.12 bits per heavy atom. The van der Waals surface area contributed by atoms with Crippen LogP contribution in [0.1, 0.15) is 15.9 Å². The van der Waals surface area contributed by atoms with E-state index in [0.29, 0.717) is 5.56 Å². The van der Waals surface area contributed by atoms with Crippen molar-refractivity contribution in [1.82, 2.24) is 9.88 Å². The molecule has 6 heteroatoms. The van der Waals surface area contributed by atoms with Crippen LogP contribution in [0.5, 0.6) is 0 Å². The van der Waals surface area contributed by atoms with Gasteiger partial charge in [0.1, 0.15) is 0 Å². The third-order valence-electron chi connectivity index (χ3n) is 4.68. The molecule has 0 N–H and O–H groups in total. The number of esters is 1. The van der Waals surface area contributed by atoms with Crippen LogP contribution in [-0.4, -0.2) is 49.1 Å². The molecule has 0 saturated carbocycles. The van der Waals surface area contributed by atoms with Crippen molar-refractivity contribution in [3.63, 3.8) is 0 Å². The minimum Gasteiger partial charge on any atom is -0.465 e. The van der Waals surface area contributed by atoms with E-state index in [1.807, 2.05) is 18.2 Å². The van der Waals surface area contributed by atoms with Crippen LogP contribution in [0.4, 0.5) is 5.13 Å². The van der Waals surface area contributed by atoms with E-state index in [-0.39, 0.29) is 5.97 Å². The number of aromatic nitrogens is 1. The Morgan fingerprint density at radius 3 is 2.69 bits per heavy atom. The summed E-state index contributed by atoms with van der Waals surface area (Å²) in [5.74, 6) is -0.285. The van der Waals surface area contributed by atoms with Gasteiger partial charge < -0.3 is 9.64 Å². The van der Waals surface area contributed by atoms with Crippen molar-refractivity contribution < 1.29 is 9.53 Å². The highest BCUT2D eigenvalue weighted by Crippen LogP contribution is 2.29. The lowest BCUT2D eigenvalue weighted by Gasteiger charge is -2.34. The van der Waals surface area contributed by atoms with E-state index in [2.05, 4.69) is 34.1 Å². The number of para-hydroxylation sites is 1. The number of piperazine rings is 1. The second-order valence-corrected chi connectivity index (χ2v) is 7.43. The standard InChI is InChI=1S/C20H21N3O2S/c1-25-19(24)16-6-4-5-15(13-16)14-22-9-11-23(12-10-22)20-21-17-7-2-3-8-18(17)26-20/h2-8,13H,9-12,14H2,1H3. The molecule has 5 nitrogen and oxygen atoms in total. The predicted octanol–water partition coefficient (Wildman–Crippen LogP) is 3.41. The number of anilines is 1. The fraction of sp³-hybridized carbons (Fsp3) is 0.300. The number of ether oxygens (including phenoxy) is 1. The van der Waals surface area contributed by atoms with E-state index in [4.69, 9.17) is 9.72 Å². The zero-order chi connectivity index (χ0) is 17.9. The quantitative estimate of drug-likeness (QED) is 0.662. The Balaban J connectivity index is 1.38. The number of carbonyl (C=O) groups is 1. The van der Waals surface area contributed by atoms with Crippen molar-refractivity contribution in [3.8, 4) is 0 Å². The van der Waals surface area contributed by atoms with Crippen LogP contribution in [-0.2, 0) is 11.3 Å². The molecule has 0 bridgehead atoms. The van der Waals surface area contributed by atoms with E-state index < -0.39 is 0 Å². The van der Waals surface area contributed by atoms with Crippen molar-refractivity contribution in [1.29, 1.82) is 0 Å². The minimum absolute atomic E-state index is 0.285. The number of fused-ring (bicyclic) bond motifs is 1. The van der Waals surface area contributed by atoms with E-state index in [0.717, 1.165) is 48.9 Å². The summed E-state index contributed by atoms with van der Waals surface area (Å²) < 4.78 is 6.04. The molecule has 1 aromatic heterocycles. The summed E-state index contributed by atoms with van der Waals surface area (Å²) in [6.07, 6.45) is 0. The summed E-state index contributed by atoms with van der Waals surface area (Å²) >= 11 is 1.76. The van der Waals surface area contributed by atoms with Crippen LogP contribution in [0.15, 0.2) is 48.5 Å². The SMILES string of the molecule is COC(=O)c1cccc(CN2CCN(c3nc4ccccc4s3)CC2)c1. The van der Waals surface area contributed by atoms with Crippen molar-refractivity contribution in [2.24, 2.45) is 0 Å². The molecule has 0 atom stereocenters. The lowest BCUT2D eigenvalue weighted by atomic mass is 10.1. The number of thiazole rings is 1. The molecule has 4 rings (SSSR count). The zero-order valence-electron chi connectivity index (χ0n) is 14.7. The number of rotatable bonds is 4. The largest absolute Gasteiger partial charge is 0.465 e.